The Morgan fingerprint density at radius 2 is 1.54 bits per heavy atom. The zero-order valence-corrected chi connectivity index (χ0v) is 14.8. The number of carbonyl (C=O) groups is 1. The minimum atomic E-state index is 0.0103. The molecule has 1 aromatic carbocycles. The van der Waals surface area contributed by atoms with Crippen molar-refractivity contribution < 1.29 is 13.6 Å². The monoisotopic (exact) mass is 352 g/mol. The van der Waals surface area contributed by atoms with E-state index in [4.69, 9.17) is 8.83 Å². The quantitative estimate of drug-likeness (QED) is 0.566. The molecule has 0 saturated heterocycles. The zero-order valence-electron chi connectivity index (χ0n) is 14.8. The van der Waals surface area contributed by atoms with E-state index in [2.05, 4.69) is 17.4 Å². The molecule has 0 aliphatic carbocycles. The number of hydrogen-bond donors (Lipinski definition) is 1. The lowest BCUT2D eigenvalue weighted by Gasteiger charge is -2.19. The van der Waals surface area contributed by atoms with Crippen LogP contribution in [-0.2, 0) is 24.3 Å². The Kier molecular flexibility index (Phi) is 6.67. The van der Waals surface area contributed by atoms with Gasteiger partial charge < -0.3 is 14.2 Å². The Morgan fingerprint density at radius 1 is 0.885 bits per heavy atom. The van der Waals surface area contributed by atoms with E-state index in [9.17, 15) is 4.79 Å². The van der Waals surface area contributed by atoms with Gasteiger partial charge >= 0.3 is 0 Å². The fraction of sp³-hybridized carbons (Fsp3) is 0.286. The highest BCUT2D eigenvalue weighted by molar-refractivity contribution is 5.77. The summed E-state index contributed by atoms with van der Waals surface area (Å²) in [5.74, 6) is 1.66. The van der Waals surface area contributed by atoms with E-state index in [1.54, 1.807) is 12.5 Å². The van der Waals surface area contributed by atoms with Crippen LogP contribution in [0.5, 0.6) is 0 Å². The first kappa shape index (κ1) is 18.0. The highest BCUT2D eigenvalue weighted by atomic mass is 16.3. The van der Waals surface area contributed by atoms with E-state index in [1.165, 1.54) is 5.56 Å². The first-order chi connectivity index (χ1) is 12.8. The van der Waals surface area contributed by atoms with Crippen LogP contribution in [-0.4, -0.2) is 23.9 Å². The average molecular weight is 352 g/mol. The van der Waals surface area contributed by atoms with Crippen molar-refractivity contribution in [3.63, 3.8) is 0 Å². The first-order valence-corrected chi connectivity index (χ1v) is 8.87. The third-order valence-electron chi connectivity index (χ3n) is 4.09. The number of furan rings is 2. The SMILES string of the molecule is O=C(CN(Cc1ccco1)Cc1ccco1)NCCCc1ccccc1. The van der Waals surface area contributed by atoms with Crippen molar-refractivity contribution in [2.75, 3.05) is 13.1 Å². The van der Waals surface area contributed by atoms with E-state index in [0.29, 0.717) is 26.2 Å². The summed E-state index contributed by atoms with van der Waals surface area (Å²) in [7, 11) is 0. The maximum atomic E-state index is 12.3. The van der Waals surface area contributed by atoms with Gasteiger partial charge in [-0.25, -0.2) is 0 Å². The molecule has 0 aliphatic rings. The summed E-state index contributed by atoms with van der Waals surface area (Å²) in [6.07, 6.45) is 5.17. The van der Waals surface area contributed by atoms with Crippen LogP contribution in [0, 0.1) is 0 Å². The number of nitrogens with zero attached hydrogens (tertiary/aromatic N) is 1. The van der Waals surface area contributed by atoms with Crippen LogP contribution in [0.3, 0.4) is 0 Å². The van der Waals surface area contributed by atoms with Gasteiger partial charge in [-0.05, 0) is 42.7 Å². The molecule has 0 spiro atoms. The normalized spacial score (nSPS) is 11.0. The Bertz CT molecular complexity index is 716. The number of nitrogens with one attached hydrogen (secondary N) is 1. The molecule has 2 heterocycles. The lowest BCUT2D eigenvalue weighted by molar-refractivity contribution is -0.122. The van der Waals surface area contributed by atoms with Crippen molar-refractivity contribution in [3.05, 3.63) is 84.2 Å². The number of aryl methyl sites for hydroxylation is 1. The number of carbonyl (C=O) groups excluding carboxylic acids is 1. The summed E-state index contributed by atoms with van der Waals surface area (Å²) in [4.78, 5) is 14.3. The summed E-state index contributed by atoms with van der Waals surface area (Å²) in [5, 5.41) is 3.00. The van der Waals surface area contributed by atoms with E-state index in [-0.39, 0.29) is 5.91 Å². The summed E-state index contributed by atoms with van der Waals surface area (Å²) in [5.41, 5.74) is 1.29. The maximum Gasteiger partial charge on any atom is 0.234 e. The Balaban J connectivity index is 1.45. The number of benzene rings is 1. The minimum Gasteiger partial charge on any atom is -0.468 e. The molecule has 0 aliphatic heterocycles. The topological polar surface area (TPSA) is 58.6 Å². The maximum absolute atomic E-state index is 12.3. The van der Waals surface area contributed by atoms with Crippen molar-refractivity contribution in [1.82, 2.24) is 10.2 Å². The third-order valence-corrected chi connectivity index (χ3v) is 4.09. The van der Waals surface area contributed by atoms with Gasteiger partial charge in [0.2, 0.25) is 5.91 Å². The van der Waals surface area contributed by atoms with Crippen LogP contribution in [0.15, 0.2) is 76.0 Å². The predicted molar refractivity (Wildman–Crippen MR) is 99.3 cm³/mol. The zero-order chi connectivity index (χ0) is 18.0. The van der Waals surface area contributed by atoms with Gasteiger partial charge in [0.1, 0.15) is 11.5 Å². The molecule has 0 saturated carbocycles. The molecule has 136 valence electrons. The van der Waals surface area contributed by atoms with Gasteiger partial charge in [0, 0.05) is 6.54 Å². The standard InChI is InChI=1S/C21H24N2O3/c24-21(22-12-4-9-18-7-2-1-3-8-18)17-23(15-19-10-5-13-25-19)16-20-11-6-14-26-20/h1-3,5-8,10-11,13-14H,4,9,12,15-17H2,(H,22,24). The Hall–Kier alpha value is -2.79. The van der Waals surface area contributed by atoms with Crippen molar-refractivity contribution in [2.45, 2.75) is 25.9 Å². The third kappa shape index (κ3) is 5.93. The molecule has 26 heavy (non-hydrogen) atoms. The van der Waals surface area contributed by atoms with Crippen LogP contribution in [0.25, 0.3) is 0 Å². The van der Waals surface area contributed by atoms with Gasteiger partial charge in [-0.3, -0.25) is 9.69 Å². The highest BCUT2D eigenvalue weighted by Gasteiger charge is 2.14. The van der Waals surface area contributed by atoms with Crippen molar-refractivity contribution in [1.29, 1.82) is 0 Å². The number of rotatable bonds is 10. The molecule has 0 bridgehead atoms. The molecule has 0 atom stereocenters. The van der Waals surface area contributed by atoms with Gasteiger partial charge in [-0.15, -0.1) is 0 Å². The van der Waals surface area contributed by atoms with Gasteiger partial charge in [0.25, 0.3) is 0 Å². The lowest BCUT2D eigenvalue weighted by atomic mass is 10.1. The van der Waals surface area contributed by atoms with Crippen LogP contribution < -0.4 is 5.32 Å². The van der Waals surface area contributed by atoms with Crippen molar-refractivity contribution >= 4 is 5.91 Å². The molecular formula is C21H24N2O3. The van der Waals surface area contributed by atoms with Gasteiger partial charge in [-0.2, -0.15) is 0 Å². The fourth-order valence-electron chi connectivity index (χ4n) is 2.84. The first-order valence-electron chi connectivity index (χ1n) is 8.87. The van der Waals surface area contributed by atoms with Crippen LogP contribution in [0.2, 0.25) is 0 Å². The predicted octanol–water partition coefficient (Wildman–Crippen LogP) is 3.62. The molecule has 3 aromatic rings. The molecule has 1 N–H and O–H groups in total. The molecule has 0 unspecified atom stereocenters. The van der Waals surface area contributed by atoms with Crippen molar-refractivity contribution in [3.8, 4) is 0 Å². The largest absolute Gasteiger partial charge is 0.468 e. The van der Waals surface area contributed by atoms with Crippen LogP contribution in [0.4, 0.5) is 0 Å². The van der Waals surface area contributed by atoms with E-state index in [1.807, 2.05) is 47.4 Å². The van der Waals surface area contributed by atoms with Gasteiger partial charge in [0.05, 0.1) is 32.2 Å². The molecule has 3 rings (SSSR count). The molecule has 2 aromatic heterocycles. The van der Waals surface area contributed by atoms with E-state index in [0.717, 1.165) is 24.4 Å². The molecule has 5 heteroatoms. The van der Waals surface area contributed by atoms with E-state index < -0.39 is 0 Å². The molecule has 0 fully saturated rings. The Morgan fingerprint density at radius 3 is 2.12 bits per heavy atom. The summed E-state index contributed by atoms with van der Waals surface area (Å²) < 4.78 is 10.8. The molecular weight excluding hydrogens is 328 g/mol. The number of hydrogen-bond acceptors (Lipinski definition) is 4. The second-order valence-electron chi connectivity index (χ2n) is 6.24. The lowest BCUT2D eigenvalue weighted by Crippen LogP contribution is -2.37. The molecule has 1 amide bonds. The molecule has 0 radical (unpaired) electrons. The minimum absolute atomic E-state index is 0.0103. The average Bonchev–Trinajstić information content (AvgIpc) is 3.34. The molecule has 5 nitrogen and oxygen atoms in total. The second-order valence-corrected chi connectivity index (χ2v) is 6.24. The second kappa shape index (κ2) is 9.63. The highest BCUT2D eigenvalue weighted by Crippen LogP contribution is 2.11. The van der Waals surface area contributed by atoms with Gasteiger partial charge in [0.15, 0.2) is 0 Å². The number of amides is 1. The van der Waals surface area contributed by atoms with Gasteiger partial charge in [-0.1, -0.05) is 30.3 Å². The van der Waals surface area contributed by atoms with Crippen molar-refractivity contribution in [2.24, 2.45) is 0 Å². The van der Waals surface area contributed by atoms with Crippen LogP contribution >= 0.6 is 0 Å². The Labute approximate surface area is 153 Å². The summed E-state index contributed by atoms with van der Waals surface area (Å²) >= 11 is 0. The van der Waals surface area contributed by atoms with E-state index >= 15 is 0 Å². The van der Waals surface area contributed by atoms with Crippen LogP contribution in [0.1, 0.15) is 23.5 Å². The summed E-state index contributed by atoms with van der Waals surface area (Å²) in [6.45, 7) is 2.09. The fourth-order valence-corrected chi connectivity index (χ4v) is 2.84. The smallest absolute Gasteiger partial charge is 0.234 e. The summed E-state index contributed by atoms with van der Waals surface area (Å²) in [6, 6.07) is 17.8.